The monoisotopic (exact) mass is 420 g/mol. The fourth-order valence-electron chi connectivity index (χ4n) is 7.21. The summed E-state index contributed by atoms with van der Waals surface area (Å²) in [4.78, 5) is 24.5. The maximum absolute atomic E-state index is 12.5. The molecule has 0 amide bonds. The zero-order chi connectivity index (χ0) is 18.7. The van der Waals surface area contributed by atoms with Crippen molar-refractivity contribution in [3.05, 3.63) is 23.8 Å². The second kappa shape index (κ2) is 6.41. The molecule has 4 aliphatic carbocycles. The van der Waals surface area contributed by atoms with E-state index in [-0.39, 0.29) is 35.1 Å². The van der Waals surface area contributed by atoms with Gasteiger partial charge in [-0.15, -0.1) is 0 Å². The van der Waals surface area contributed by atoms with E-state index in [0.717, 1.165) is 37.7 Å². The van der Waals surface area contributed by atoms with Crippen molar-refractivity contribution in [1.29, 1.82) is 0 Å². The van der Waals surface area contributed by atoms with Crippen molar-refractivity contribution in [3.8, 4) is 0 Å². The van der Waals surface area contributed by atoms with Crippen molar-refractivity contribution in [3.63, 3.8) is 0 Å². The largest absolute Gasteiger partial charge is 0.396 e. The van der Waals surface area contributed by atoms with Crippen molar-refractivity contribution in [2.24, 2.45) is 40.4 Å². The summed E-state index contributed by atoms with van der Waals surface area (Å²) in [6, 6.07) is 0. The summed E-state index contributed by atoms with van der Waals surface area (Å²) < 4.78 is 0. The molecule has 26 heavy (non-hydrogen) atoms. The number of aliphatic hydroxyl groups excluding tert-OH is 1. The minimum atomic E-state index is -0.122. The number of hydrogen-bond acceptors (Lipinski definition) is 3. The lowest BCUT2D eigenvalue weighted by molar-refractivity contribution is -0.127. The van der Waals surface area contributed by atoms with E-state index in [4.69, 9.17) is 0 Å². The van der Waals surface area contributed by atoms with Gasteiger partial charge >= 0.3 is 0 Å². The molecule has 4 aliphatic rings. The summed E-state index contributed by atoms with van der Waals surface area (Å²) in [5.74, 6) is 2.25. The predicted molar refractivity (Wildman–Crippen MR) is 105 cm³/mol. The van der Waals surface area contributed by atoms with Crippen LogP contribution in [0.4, 0.5) is 0 Å². The quantitative estimate of drug-likeness (QED) is 0.699. The number of alkyl halides is 1. The first kappa shape index (κ1) is 18.6. The number of Topliss-reactive ketones (excluding diaryl/α,β-unsaturated/α-hetero) is 1. The molecule has 0 radical (unpaired) electrons. The molecule has 142 valence electrons. The summed E-state index contributed by atoms with van der Waals surface area (Å²) in [6.45, 7) is 4.72. The van der Waals surface area contributed by atoms with Crippen LogP contribution in [0.1, 0.15) is 46.0 Å². The topological polar surface area (TPSA) is 54.4 Å². The highest BCUT2D eigenvalue weighted by molar-refractivity contribution is 9.09. The average molecular weight is 421 g/mol. The number of hydrogen-bond donors (Lipinski definition) is 1. The van der Waals surface area contributed by atoms with Gasteiger partial charge in [0.2, 0.25) is 0 Å². The van der Waals surface area contributed by atoms with E-state index in [1.54, 1.807) is 12.2 Å². The van der Waals surface area contributed by atoms with Gasteiger partial charge in [0.05, 0.1) is 5.33 Å². The summed E-state index contributed by atoms with van der Waals surface area (Å²) in [5, 5.41) is 10.5. The van der Waals surface area contributed by atoms with Crippen LogP contribution < -0.4 is 0 Å². The molecule has 0 heterocycles. The molecular weight excluding hydrogens is 392 g/mol. The van der Waals surface area contributed by atoms with Crippen LogP contribution in [0, 0.1) is 40.4 Å². The third kappa shape index (κ3) is 2.47. The van der Waals surface area contributed by atoms with Gasteiger partial charge in [-0.3, -0.25) is 9.59 Å². The van der Waals surface area contributed by atoms with Gasteiger partial charge in [-0.2, -0.15) is 0 Å². The van der Waals surface area contributed by atoms with Crippen LogP contribution in [0.3, 0.4) is 0 Å². The van der Waals surface area contributed by atoms with E-state index < -0.39 is 0 Å². The molecule has 4 heteroatoms. The maximum Gasteiger partial charge on any atom is 0.178 e. The van der Waals surface area contributed by atoms with Crippen LogP contribution in [0.25, 0.3) is 0 Å². The standard InChI is InChI=1S/C22H29BrO3/c1-21-8-6-17-15(16(21)3-4-18(21)20(26)11-23)9-13(12-24)19-10-14(25)5-7-22(17,19)2/h5,7,10,13,15-18,24H,3-4,6,8-9,11-12H2,1-2H3/t13-,15+,16+,17+,18-,21+,22-/m1/s1. The summed E-state index contributed by atoms with van der Waals surface area (Å²) in [5.41, 5.74) is 1.12. The number of halogens is 1. The normalized spacial score (nSPS) is 47.0. The Bertz CT molecular complexity index is 696. The molecule has 3 saturated carbocycles. The Labute approximate surface area is 164 Å². The molecule has 0 aromatic heterocycles. The Kier molecular flexibility index (Phi) is 4.59. The number of carbonyl (C=O) groups excluding carboxylic acids is 2. The third-order valence-corrected chi connectivity index (χ3v) is 9.01. The Morgan fingerprint density at radius 1 is 1.27 bits per heavy atom. The lowest BCUT2D eigenvalue weighted by atomic mass is 9.46. The van der Waals surface area contributed by atoms with Gasteiger partial charge in [0.15, 0.2) is 5.78 Å². The van der Waals surface area contributed by atoms with Gasteiger partial charge in [-0.25, -0.2) is 0 Å². The summed E-state index contributed by atoms with van der Waals surface area (Å²) in [6.07, 6.45) is 10.9. The molecule has 0 saturated heterocycles. The highest BCUT2D eigenvalue weighted by Gasteiger charge is 2.60. The van der Waals surface area contributed by atoms with Crippen LogP contribution in [0.15, 0.2) is 23.8 Å². The van der Waals surface area contributed by atoms with Crippen LogP contribution in [0.2, 0.25) is 0 Å². The molecule has 0 spiro atoms. The van der Waals surface area contributed by atoms with Gasteiger partial charge < -0.3 is 5.11 Å². The van der Waals surface area contributed by atoms with Crippen LogP contribution in [-0.2, 0) is 9.59 Å². The van der Waals surface area contributed by atoms with Gasteiger partial charge in [0, 0.05) is 23.9 Å². The van der Waals surface area contributed by atoms with Crippen molar-refractivity contribution in [1.82, 2.24) is 0 Å². The van der Waals surface area contributed by atoms with Crippen molar-refractivity contribution in [2.45, 2.75) is 46.0 Å². The SMILES string of the molecule is C[C@]12CC[C@H]3[C@@H](C[C@H](CO)C4=CC(=O)C=C[C@@]43C)[C@@H]1CC[C@@H]2C(=O)CBr. The molecule has 0 aromatic carbocycles. The van der Waals surface area contributed by atoms with E-state index >= 15 is 0 Å². The molecule has 7 atom stereocenters. The Morgan fingerprint density at radius 3 is 2.73 bits per heavy atom. The lowest BCUT2D eigenvalue weighted by Crippen LogP contribution is -2.52. The number of rotatable bonds is 3. The molecular formula is C22H29BrO3. The number of fused-ring (bicyclic) bond motifs is 5. The van der Waals surface area contributed by atoms with Gasteiger partial charge in [-0.1, -0.05) is 41.4 Å². The van der Waals surface area contributed by atoms with Gasteiger partial charge in [0.1, 0.15) is 5.78 Å². The van der Waals surface area contributed by atoms with E-state index in [2.05, 4.69) is 35.9 Å². The first-order chi connectivity index (χ1) is 12.3. The highest BCUT2D eigenvalue weighted by atomic mass is 79.9. The molecule has 0 aromatic rings. The first-order valence-corrected chi connectivity index (χ1v) is 11.1. The smallest absolute Gasteiger partial charge is 0.178 e. The molecule has 0 unspecified atom stereocenters. The number of aliphatic hydroxyl groups is 1. The van der Waals surface area contributed by atoms with E-state index in [0.29, 0.717) is 28.9 Å². The highest BCUT2D eigenvalue weighted by Crippen LogP contribution is 2.66. The number of carbonyl (C=O) groups is 2. The van der Waals surface area contributed by atoms with Crippen molar-refractivity contribution < 1.29 is 14.7 Å². The average Bonchev–Trinajstić information content (AvgIpc) is 2.98. The van der Waals surface area contributed by atoms with E-state index in [1.165, 1.54) is 0 Å². The van der Waals surface area contributed by atoms with E-state index in [1.807, 2.05) is 0 Å². The summed E-state index contributed by atoms with van der Waals surface area (Å²) in [7, 11) is 0. The Hall–Kier alpha value is -0.740. The van der Waals surface area contributed by atoms with Crippen LogP contribution in [-0.4, -0.2) is 28.6 Å². The second-order valence-electron chi connectivity index (χ2n) is 9.38. The second-order valence-corrected chi connectivity index (χ2v) is 9.95. The number of ketones is 2. The van der Waals surface area contributed by atoms with Crippen molar-refractivity contribution >= 4 is 27.5 Å². The first-order valence-electron chi connectivity index (χ1n) is 10.00. The Morgan fingerprint density at radius 2 is 2.04 bits per heavy atom. The molecule has 4 rings (SSSR count). The molecule has 0 bridgehead atoms. The third-order valence-electron chi connectivity index (χ3n) is 8.46. The zero-order valence-corrected chi connectivity index (χ0v) is 17.3. The molecule has 0 aliphatic heterocycles. The fraction of sp³-hybridized carbons (Fsp3) is 0.727. The molecule has 1 N–H and O–H groups in total. The Balaban J connectivity index is 1.71. The lowest BCUT2D eigenvalue weighted by Gasteiger charge is -2.58. The minimum absolute atomic E-state index is 0.0545. The molecule has 3 fully saturated rings. The summed E-state index contributed by atoms with van der Waals surface area (Å²) >= 11 is 3.38. The zero-order valence-electron chi connectivity index (χ0n) is 15.7. The predicted octanol–water partition coefficient (Wildman–Crippen LogP) is 4.09. The fourth-order valence-corrected chi connectivity index (χ4v) is 7.61. The van der Waals surface area contributed by atoms with E-state index in [9.17, 15) is 14.7 Å². The van der Waals surface area contributed by atoms with Gasteiger partial charge in [-0.05, 0) is 67.4 Å². The van der Waals surface area contributed by atoms with Crippen molar-refractivity contribution in [2.75, 3.05) is 11.9 Å². The minimum Gasteiger partial charge on any atom is -0.396 e. The number of allylic oxidation sites excluding steroid dienone is 3. The molecule has 3 nitrogen and oxygen atoms in total. The van der Waals surface area contributed by atoms with Crippen LogP contribution in [0.5, 0.6) is 0 Å². The van der Waals surface area contributed by atoms with Crippen LogP contribution >= 0.6 is 15.9 Å². The maximum atomic E-state index is 12.5. The van der Waals surface area contributed by atoms with Gasteiger partial charge in [0.25, 0.3) is 0 Å².